The van der Waals surface area contributed by atoms with Crippen molar-refractivity contribution in [3.05, 3.63) is 65.7 Å². The second-order valence-corrected chi connectivity index (χ2v) is 5.83. The highest BCUT2D eigenvalue weighted by atomic mass is 35.5. The highest BCUT2D eigenvalue weighted by Crippen LogP contribution is 2.34. The smallest absolute Gasteiger partial charge is 0.259 e. The van der Waals surface area contributed by atoms with Crippen molar-refractivity contribution in [1.82, 2.24) is 9.55 Å². The van der Waals surface area contributed by atoms with Crippen molar-refractivity contribution in [1.29, 1.82) is 0 Å². The van der Waals surface area contributed by atoms with Gasteiger partial charge in [-0.1, -0.05) is 17.7 Å². The number of hydrogen-bond donors (Lipinski definition) is 1. The summed E-state index contributed by atoms with van der Waals surface area (Å²) >= 11 is 6.32. The molecule has 0 radical (unpaired) electrons. The van der Waals surface area contributed by atoms with Crippen molar-refractivity contribution in [2.75, 3.05) is 18.5 Å². The SMILES string of the molecule is O=C(Nc1ccc(-n2ccnc2)c(Cl)c1)c1cccc2c1OCCO2. The summed E-state index contributed by atoms with van der Waals surface area (Å²) in [6.07, 6.45) is 5.13. The molecule has 6 nitrogen and oxygen atoms in total. The molecule has 3 aromatic rings. The van der Waals surface area contributed by atoms with Gasteiger partial charge in [0.15, 0.2) is 11.5 Å². The van der Waals surface area contributed by atoms with Crippen LogP contribution in [0.15, 0.2) is 55.1 Å². The maximum Gasteiger partial charge on any atom is 0.259 e. The fourth-order valence-corrected chi connectivity index (χ4v) is 2.92. The van der Waals surface area contributed by atoms with Gasteiger partial charge >= 0.3 is 0 Å². The van der Waals surface area contributed by atoms with E-state index in [9.17, 15) is 4.79 Å². The second kappa shape index (κ2) is 6.49. The summed E-state index contributed by atoms with van der Waals surface area (Å²) < 4.78 is 12.9. The van der Waals surface area contributed by atoms with Gasteiger partial charge in [0.25, 0.3) is 5.91 Å². The summed E-state index contributed by atoms with van der Waals surface area (Å²) in [4.78, 5) is 16.6. The van der Waals surface area contributed by atoms with Gasteiger partial charge in [0.1, 0.15) is 13.2 Å². The fourth-order valence-electron chi connectivity index (χ4n) is 2.65. The Bertz CT molecular complexity index is 925. The van der Waals surface area contributed by atoms with Crippen molar-refractivity contribution in [2.24, 2.45) is 0 Å². The molecule has 1 amide bonds. The number of anilines is 1. The number of imidazole rings is 1. The molecule has 0 unspecified atom stereocenters. The molecule has 0 saturated carbocycles. The normalized spacial score (nSPS) is 12.7. The quantitative estimate of drug-likeness (QED) is 0.780. The number of halogens is 1. The Morgan fingerprint density at radius 2 is 2.08 bits per heavy atom. The Kier molecular flexibility index (Phi) is 4.03. The Morgan fingerprint density at radius 1 is 1.20 bits per heavy atom. The first kappa shape index (κ1) is 15.5. The van der Waals surface area contributed by atoms with Crippen LogP contribution < -0.4 is 14.8 Å². The van der Waals surface area contributed by atoms with E-state index < -0.39 is 0 Å². The molecule has 126 valence electrons. The minimum absolute atomic E-state index is 0.284. The van der Waals surface area contributed by atoms with Crippen LogP contribution in [0.4, 0.5) is 5.69 Å². The second-order valence-electron chi connectivity index (χ2n) is 5.42. The lowest BCUT2D eigenvalue weighted by atomic mass is 10.1. The van der Waals surface area contributed by atoms with Crippen molar-refractivity contribution < 1.29 is 14.3 Å². The lowest BCUT2D eigenvalue weighted by Gasteiger charge is -2.20. The van der Waals surface area contributed by atoms with Crippen molar-refractivity contribution in [3.63, 3.8) is 0 Å². The number of amides is 1. The molecule has 7 heteroatoms. The van der Waals surface area contributed by atoms with Crippen LogP contribution in [-0.4, -0.2) is 28.7 Å². The summed E-state index contributed by atoms with van der Waals surface area (Å²) in [7, 11) is 0. The van der Waals surface area contributed by atoms with Gasteiger partial charge in [-0.15, -0.1) is 0 Å². The molecule has 0 bridgehead atoms. The van der Waals surface area contributed by atoms with Crippen molar-refractivity contribution in [3.8, 4) is 17.2 Å². The van der Waals surface area contributed by atoms with E-state index >= 15 is 0 Å². The summed E-state index contributed by atoms with van der Waals surface area (Å²) in [6.45, 7) is 0.895. The molecule has 1 aromatic heterocycles. The van der Waals surface area contributed by atoms with E-state index in [-0.39, 0.29) is 5.91 Å². The Balaban J connectivity index is 1.59. The van der Waals surface area contributed by atoms with Crippen molar-refractivity contribution in [2.45, 2.75) is 0 Å². The molecular weight excluding hydrogens is 342 g/mol. The molecule has 0 atom stereocenters. The monoisotopic (exact) mass is 355 g/mol. The Hall–Kier alpha value is -2.99. The van der Waals surface area contributed by atoms with E-state index in [1.165, 1.54) is 0 Å². The molecule has 2 aromatic carbocycles. The predicted octanol–water partition coefficient (Wildman–Crippen LogP) is 3.55. The van der Waals surface area contributed by atoms with Crippen LogP contribution in [0.1, 0.15) is 10.4 Å². The lowest BCUT2D eigenvalue weighted by Crippen LogP contribution is -2.20. The maximum atomic E-state index is 12.6. The zero-order valence-electron chi connectivity index (χ0n) is 13.1. The number of rotatable bonds is 3. The summed E-state index contributed by atoms with van der Waals surface area (Å²) in [6, 6.07) is 10.5. The van der Waals surface area contributed by atoms with Crippen LogP contribution in [-0.2, 0) is 0 Å². The number of fused-ring (bicyclic) bond motifs is 1. The summed E-state index contributed by atoms with van der Waals surface area (Å²) in [5.74, 6) is 0.758. The third kappa shape index (κ3) is 3.04. The fraction of sp³-hybridized carbons (Fsp3) is 0.111. The third-order valence-corrected chi connectivity index (χ3v) is 4.10. The Labute approximate surface area is 149 Å². The van der Waals surface area contributed by atoms with Crippen LogP contribution in [0, 0.1) is 0 Å². The number of carbonyl (C=O) groups excluding carboxylic acids is 1. The van der Waals surface area contributed by atoms with E-state index in [1.54, 1.807) is 53.6 Å². The first-order chi connectivity index (χ1) is 12.2. The molecular formula is C18H14ClN3O3. The summed E-state index contributed by atoms with van der Waals surface area (Å²) in [5, 5.41) is 3.34. The lowest BCUT2D eigenvalue weighted by molar-refractivity contribution is 0.101. The van der Waals surface area contributed by atoms with Crippen molar-refractivity contribution >= 4 is 23.2 Å². The Morgan fingerprint density at radius 3 is 2.88 bits per heavy atom. The molecule has 0 spiro atoms. The van der Waals surface area contributed by atoms with Crippen LogP contribution in [0.5, 0.6) is 11.5 Å². The zero-order chi connectivity index (χ0) is 17.2. The number of nitrogens with one attached hydrogen (secondary N) is 1. The number of hydrogen-bond acceptors (Lipinski definition) is 4. The molecule has 1 aliphatic heterocycles. The number of carbonyl (C=O) groups is 1. The number of aromatic nitrogens is 2. The van der Waals surface area contributed by atoms with Crippen LogP contribution in [0.25, 0.3) is 5.69 Å². The van der Waals surface area contributed by atoms with Crippen LogP contribution in [0.2, 0.25) is 5.02 Å². The van der Waals surface area contributed by atoms with E-state index in [4.69, 9.17) is 21.1 Å². The minimum Gasteiger partial charge on any atom is -0.486 e. The molecule has 1 aliphatic rings. The molecule has 1 N–H and O–H groups in total. The number of ether oxygens (including phenoxy) is 2. The van der Waals surface area contributed by atoms with Gasteiger partial charge < -0.3 is 19.4 Å². The number of benzene rings is 2. The predicted molar refractivity (Wildman–Crippen MR) is 94.0 cm³/mol. The van der Waals surface area contributed by atoms with Gasteiger partial charge in [-0.3, -0.25) is 4.79 Å². The average Bonchev–Trinajstić information content (AvgIpc) is 3.15. The molecule has 25 heavy (non-hydrogen) atoms. The highest BCUT2D eigenvalue weighted by molar-refractivity contribution is 6.32. The van der Waals surface area contributed by atoms with Gasteiger partial charge in [-0.25, -0.2) is 4.98 Å². The first-order valence-corrected chi connectivity index (χ1v) is 8.08. The molecule has 0 aliphatic carbocycles. The maximum absolute atomic E-state index is 12.6. The highest BCUT2D eigenvalue weighted by Gasteiger charge is 2.20. The minimum atomic E-state index is -0.284. The van der Waals surface area contributed by atoms with E-state index in [1.807, 2.05) is 6.07 Å². The van der Waals surface area contributed by atoms with Crippen LogP contribution in [0.3, 0.4) is 0 Å². The van der Waals surface area contributed by atoms with Gasteiger partial charge in [-0.2, -0.15) is 0 Å². The van der Waals surface area contributed by atoms with E-state index in [2.05, 4.69) is 10.3 Å². The van der Waals surface area contributed by atoms with Gasteiger partial charge in [-0.05, 0) is 30.3 Å². The van der Waals surface area contributed by atoms with E-state index in [0.29, 0.717) is 41.0 Å². The van der Waals surface area contributed by atoms with Crippen LogP contribution >= 0.6 is 11.6 Å². The largest absolute Gasteiger partial charge is 0.486 e. The van der Waals surface area contributed by atoms with Gasteiger partial charge in [0.05, 0.1) is 22.6 Å². The van der Waals surface area contributed by atoms with E-state index in [0.717, 1.165) is 5.69 Å². The number of para-hydroxylation sites is 1. The molecule has 4 rings (SSSR count). The standard InChI is InChI=1S/C18H14ClN3O3/c19-14-10-12(4-5-15(14)22-7-6-20-11-22)21-18(23)13-2-1-3-16-17(13)25-9-8-24-16/h1-7,10-11H,8-9H2,(H,21,23). The topological polar surface area (TPSA) is 65.4 Å². The molecule has 0 saturated heterocycles. The third-order valence-electron chi connectivity index (χ3n) is 3.80. The van der Waals surface area contributed by atoms with Gasteiger partial charge in [0, 0.05) is 18.1 Å². The molecule has 2 heterocycles. The zero-order valence-corrected chi connectivity index (χ0v) is 13.9. The number of nitrogens with zero attached hydrogens (tertiary/aromatic N) is 2. The average molecular weight is 356 g/mol. The first-order valence-electron chi connectivity index (χ1n) is 7.70. The summed E-state index contributed by atoms with van der Waals surface area (Å²) in [5.41, 5.74) is 1.80. The van der Waals surface area contributed by atoms with Gasteiger partial charge in [0.2, 0.25) is 0 Å². The molecule has 0 fully saturated rings.